The van der Waals surface area contributed by atoms with Gasteiger partial charge in [0, 0.05) is 18.8 Å². The van der Waals surface area contributed by atoms with Gasteiger partial charge in [0.2, 0.25) is 5.78 Å². The molecule has 22 heavy (non-hydrogen) atoms. The van der Waals surface area contributed by atoms with Crippen LogP contribution in [-0.4, -0.2) is 15.8 Å². The summed E-state index contributed by atoms with van der Waals surface area (Å²) in [7, 11) is 0. The zero-order valence-electron chi connectivity index (χ0n) is 12.4. The molecule has 0 fully saturated rings. The number of benzene rings is 2. The van der Waals surface area contributed by atoms with E-state index in [4.69, 9.17) is 0 Å². The summed E-state index contributed by atoms with van der Waals surface area (Å²) in [6.45, 7) is 2.05. The topological polar surface area (TPSA) is 42.9 Å². The standard InChI is InChI=1S/C19H16N2O/c1-14-16(13-18(22)19-20-11-6-12-21-19)9-5-10-17(14)15-7-3-2-4-8-15/h2-12H,13H2,1H3. The average Bonchev–Trinajstić information content (AvgIpc) is 2.58. The molecular weight excluding hydrogens is 272 g/mol. The highest BCUT2D eigenvalue weighted by Gasteiger charge is 2.13. The minimum Gasteiger partial charge on any atom is -0.290 e. The molecular formula is C19H16N2O. The third kappa shape index (κ3) is 2.93. The van der Waals surface area contributed by atoms with Gasteiger partial charge in [-0.25, -0.2) is 9.97 Å². The summed E-state index contributed by atoms with van der Waals surface area (Å²) >= 11 is 0. The van der Waals surface area contributed by atoms with E-state index in [0.29, 0.717) is 6.42 Å². The molecule has 0 aliphatic rings. The molecule has 0 saturated heterocycles. The molecule has 3 aromatic rings. The van der Waals surface area contributed by atoms with Gasteiger partial charge in [0.15, 0.2) is 5.82 Å². The molecule has 3 rings (SSSR count). The number of aromatic nitrogens is 2. The molecule has 0 atom stereocenters. The maximum Gasteiger partial charge on any atom is 0.204 e. The molecule has 0 aliphatic carbocycles. The number of hydrogen-bond donors (Lipinski definition) is 0. The number of rotatable bonds is 4. The SMILES string of the molecule is Cc1c(CC(=O)c2ncccn2)cccc1-c1ccccc1. The van der Waals surface area contributed by atoms with Crippen LogP contribution in [0, 0.1) is 6.92 Å². The van der Waals surface area contributed by atoms with E-state index in [2.05, 4.69) is 35.1 Å². The van der Waals surface area contributed by atoms with Gasteiger partial charge < -0.3 is 0 Å². The highest BCUT2D eigenvalue weighted by molar-refractivity contribution is 5.94. The van der Waals surface area contributed by atoms with Crippen molar-refractivity contribution in [3.63, 3.8) is 0 Å². The van der Waals surface area contributed by atoms with Crippen LogP contribution in [0.25, 0.3) is 11.1 Å². The van der Waals surface area contributed by atoms with Gasteiger partial charge >= 0.3 is 0 Å². The van der Waals surface area contributed by atoms with Crippen molar-refractivity contribution in [3.8, 4) is 11.1 Å². The van der Waals surface area contributed by atoms with Crippen molar-refractivity contribution in [1.82, 2.24) is 9.97 Å². The van der Waals surface area contributed by atoms with E-state index in [-0.39, 0.29) is 11.6 Å². The van der Waals surface area contributed by atoms with E-state index in [1.165, 1.54) is 0 Å². The van der Waals surface area contributed by atoms with Gasteiger partial charge in [-0.15, -0.1) is 0 Å². The fraction of sp³-hybridized carbons (Fsp3) is 0.105. The van der Waals surface area contributed by atoms with E-state index in [0.717, 1.165) is 22.3 Å². The predicted molar refractivity (Wildman–Crippen MR) is 86.7 cm³/mol. The van der Waals surface area contributed by atoms with Crippen LogP contribution in [0.5, 0.6) is 0 Å². The largest absolute Gasteiger partial charge is 0.290 e. The fourth-order valence-electron chi connectivity index (χ4n) is 2.50. The first kappa shape index (κ1) is 14.1. The van der Waals surface area contributed by atoms with E-state index in [9.17, 15) is 4.79 Å². The van der Waals surface area contributed by atoms with Gasteiger partial charge in [0.25, 0.3) is 0 Å². The van der Waals surface area contributed by atoms with Crippen LogP contribution in [0.2, 0.25) is 0 Å². The van der Waals surface area contributed by atoms with Crippen molar-refractivity contribution in [2.24, 2.45) is 0 Å². The Morgan fingerprint density at radius 3 is 2.36 bits per heavy atom. The zero-order valence-corrected chi connectivity index (χ0v) is 12.4. The van der Waals surface area contributed by atoms with Gasteiger partial charge in [0.1, 0.15) is 0 Å². The second kappa shape index (κ2) is 6.31. The molecule has 0 amide bonds. The van der Waals surface area contributed by atoms with E-state index < -0.39 is 0 Å². The van der Waals surface area contributed by atoms with Gasteiger partial charge in [-0.2, -0.15) is 0 Å². The Morgan fingerprint density at radius 2 is 1.64 bits per heavy atom. The minimum atomic E-state index is -0.0612. The summed E-state index contributed by atoms with van der Waals surface area (Å²) in [5.41, 5.74) is 4.45. The molecule has 108 valence electrons. The van der Waals surface area contributed by atoms with Crippen molar-refractivity contribution in [2.75, 3.05) is 0 Å². The maximum absolute atomic E-state index is 12.3. The first-order valence-corrected chi connectivity index (χ1v) is 7.20. The number of Topliss-reactive ketones (excluding diaryl/α,β-unsaturated/α-hetero) is 1. The lowest BCUT2D eigenvalue weighted by Crippen LogP contribution is -2.09. The number of carbonyl (C=O) groups is 1. The Hall–Kier alpha value is -2.81. The molecule has 0 saturated carbocycles. The lowest BCUT2D eigenvalue weighted by molar-refractivity contribution is 0.0983. The van der Waals surface area contributed by atoms with Crippen molar-refractivity contribution in [2.45, 2.75) is 13.3 Å². The van der Waals surface area contributed by atoms with Crippen LogP contribution in [0.4, 0.5) is 0 Å². The van der Waals surface area contributed by atoms with Crippen molar-refractivity contribution >= 4 is 5.78 Å². The van der Waals surface area contributed by atoms with Crippen LogP contribution in [0.15, 0.2) is 67.0 Å². The van der Waals surface area contributed by atoms with Gasteiger partial charge in [-0.05, 0) is 35.2 Å². The van der Waals surface area contributed by atoms with Crippen LogP contribution in [-0.2, 0) is 6.42 Å². The Labute approximate surface area is 129 Å². The lowest BCUT2D eigenvalue weighted by atomic mass is 9.94. The Balaban J connectivity index is 1.91. The summed E-state index contributed by atoms with van der Waals surface area (Å²) in [4.78, 5) is 20.3. The van der Waals surface area contributed by atoms with E-state index in [1.54, 1.807) is 18.5 Å². The monoisotopic (exact) mass is 288 g/mol. The smallest absolute Gasteiger partial charge is 0.204 e. The quantitative estimate of drug-likeness (QED) is 0.684. The molecule has 2 aromatic carbocycles. The van der Waals surface area contributed by atoms with Crippen LogP contribution in [0.1, 0.15) is 21.7 Å². The van der Waals surface area contributed by atoms with E-state index in [1.807, 2.05) is 30.3 Å². The Kier molecular flexibility index (Phi) is 4.05. The summed E-state index contributed by atoms with van der Waals surface area (Å²) in [6, 6.07) is 18.0. The molecule has 0 spiro atoms. The maximum atomic E-state index is 12.3. The molecule has 3 heteroatoms. The molecule has 3 nitrogen and oxygen atoms in total. The molecule has 0 N–H and O–H groups in total. The third-order valence-corrected chi connectivity index (χ3v) is 3.70. The molecule has 0 bridgehead atoms. The number of ketones is 1. The number of carbonyl (C=O) groups excluding carboxylic acids is 1. The minimum absolute atomic E-state index is 0.0612. The van der Waals surface area contributed by atoms with Crippen molar-refractivity contribution in [1.29, 1.82) is 0 Å². The molecule has 0 radical (unpaired) electrons. The molecule has 0 aliphatic heterocycles. The van der Waals surface area contributed by atoms with E-state index >= 15 is 0 Å². The Morgan fingerprint density at radius 1 is 0.909 bits per heavy atom. The highest BCUT2D eigenvalue weighted by Crippen LogP contribution is 2.26. The first-order chi connectivity index (χ1) is 10.8. The zero-order chi connectivity index (χ0) is 15.4. The predicted octanol–water partition coefficient (Wildman–Crippen LogP) is 3.88. The molecule has 1 heterocycles. The first-order valence-electron chi connectivity index (χ1n) is 7.20. The highest BCUT2D eigenvalue weighted by atomic mass is 16.1. The van der Waals surface area contributed by atoms with Crippen LogP contribution in [0.3, 0.4) is 0 Å². The lowest BCUT2D eigenvalue weighted by Gasteiger charge is -2.11. The van der Waals surface area contributed by atoms with Gasteiger partial charge in [0.05, 0.1) is 0 Å². The summed E-state index contributed by atoms with van der Waals surface area (Å²) in [5.74, 6) is 0.209. The summed E-state index contributed by atoms with van der Waals surface area (Å²) in [5, 5.41) is 0. The van der Waals surface area contributed by atoms with Crippen molar-refractivity contribution in [3.05, 3.63) is 83.9 Å². The average molecular weight is 288 g/mol. The van der Waals surface area contributed by atoms with Gasteiger partial charge in [-0.3, -0.25) is 4.79 Å². The Bertz CT molecular complexity index is 783. The normalized spacial score (nSPS) is 10.4. The molecule has 1 aromatic heterocycles. The van der Waals surface area contributed by atoms with Crippen LogP contribution < -0.4 is 0 Å². The third-order valence-electron chi connectivity index (χ3n) is 3.70. The van der Waals surface area contributed by atoms with Crippen molar-refractivity contribution < 1.29 is 4.79 Å². The van der Waals surface area contributed by atoms with Gasteiger partial charge in [-0.1, -0.05) is 48.5 Å². The number of hydrogen-bond acceptors (Lipinski definition) is 3. The summed E-state index contributed by atoms with van der Waals surface area (Å²) < 4.78 is 0. The second-order valence-corrected chi connectivity index (χ2v) is 5.13. The number of nitrogens with zero attached hydrogens (tertiary/aromatic N) is 2. The second-order valence-electron chi connectivity index (χ2n) is 5.13. The summed E-state index contributed by atoms with van der Waals surface area (Å²) in [6.07, 6.45) is 3.50. The fourth-order valence-corrected chi connectivity index (χ4v) is 2.50. The van der Waals surface area contributed by atoms with Crippen LogP contribution >= 0.6 is 0 Å². The molecule has 0 unspecified atom stereocenters.